The van der Waals surface area contributed by atoms with Crippen LogP contribution in [0.2, 0.25) is 0 Å². The van der Waals surface area contributed by atoms with Gasteiger partial charge in [0.2, 0.25) is 10.0 Å². The number of rotatable bonds is 4. The van der Waals surface area contributed by atoms with E-state index in [4.69, 9.17) is 5.73 Å². The highest BCUT2D eigenvalue weighted by Crippen LogP contribution is 2.23. The summed E-state index contributed by atoms with van der Waals surface area (Å²) >= 11 is 0. The van der Waals surface area contributed by atoms with E-state index in [-0.39, 0.29) is 16.9 Å². The van der Waals surface area contributed by atoms with Crippen LogP contribution in [0.15, 0.2) is 23.1 Å². The zero-order valence-electron chi connectivity index (χ0n) is 11.6. The summed E-state index contributed by atoms with van der Waals surface area (Å²) in [7, 11) is -3.58. The smallest absolute Gasteiger partial charge is 0.240 e. The van der Waals surface area contributed by atoms with Gasteiger partial charge in [0.25, 0.3) is 0 Å². The third-order valence-electron chi connectivity index (χ3n) is 3.81. The second-order valence-corrected chi connectivity index (χ2v) is 7.29. The molecule has 0 bridgehead atoms. The summed E-state index contributed by atoms with van der Waals surface area (Å²) < 4.78 is 40.1. The molecule has 20 heavy (non-hydrogen) atoms. The molecule has 1 aliphatic rings. The van der Waals surface area contributed by atoms with E-state index < -0.39 is 15.8 Å². The third-order valence-corrected chi connectivity index (χ3v) is 5.40. The van der Waals surface area contributed by atoms with Gasteiger partial charge in [-0.1, -0.05) is 6.42 Å². The predicted molar refractivity (Wildman–Crippen MR) is 76.3 cm³/mol. The van der Waals surface area contributed by atoms with Crippen LogP contribution in [0.3, 0.4) is 0 Å². The van der Waals surface area contributed by atoms with Crippen LogP contribution in [0, 0.1) is 18.7 Å². The Balaban J connectivity index is 2.03. The Morgan fingerprint density at radius 1 is 1.40 bits per heavy atom. The van der Waals surface area contributed by atoms with Gasteiger partial charge in [0, 0.05) is 12.6 Å². The summed E-state index contributed by atoms with van der Waals surface area (Å²) in [5.41, 5.74) is 6.31. The van der Waals surface area contributed by atoms with Gasteiger partial charge in [-0.2, -0.15) is 0 Å². The number of nitrogens with two attached hydrogens (primary N) is 1. The first-order chi connectivity index (χ1) is 9.38. The Labute approximate surface area is 119 Å². The number of halogens is 1. The van der Waals surface area contributed by atoms with Crippen LogP contribution in [0.25, 0.3) is 0 Å². The lowest BCUT2D eigenvalue weighted by molar-refractivity contribution is 0.322. The van der Waals surface area contributed by atoms with Crippen molar-refractivity contribution in [3.05, 3.63) is 29.6 Å². The molecule has 0 radical (unpaired) electrons. The van der Waals surface area contributed by atoms with Crippen LogP contribution in [-0.4, -0.2) is 21.0 Å². The van der Waals surface area contributed by atoms with Crippen molar-refractivity contribution in [2.75, 3.05) is 6.54 Å². The minimum absolute atomic E-state index is 0.138. The van der Waals surface area contributed by atoms with Crippen molar-refractivity contribution in [2.24, 2.45) is 11.7 Å². The molecule has 1 fully saturated rings. The first-order valence-corrected chi connectivity index (χ1v) is 8.38. The van der Waals surface area contributed by atoms with Crippen LogP contribution >= 0.6 is 0 Å². The highest BCUT2D eigenvalue weighted by molar-refractivity contribution is 7.89. The van der Waals surface area contributed by atoms with Crippen molar-refractivity contribution in [1.82, 2.24) is 4.72 Å². The van der Waals surface area contributed by atoms with Gasteiger partial charge in [-0.15, -0.1) is 0 Å². The lowest BCUT2D eigenvalue weighted by Gasteiger charge is -2.26. The third kappa shape index (κ3) is 3.77. The van der Waals surface area contributed by atoms with Crippen LogP contribution in [0.5, 0.6) is 0 Å². The van der Waals surface area contributed by atoms with E-state index in [0.29, 0.717) is 12.1 Å². The zero-order valence-corrected chi connectivity index (χ0v) is 12.4. The maximum absolute atomic E-state index is 13.0. The molecule has 0 spiro atoms. The average molecular weight is 300 g/mol. The van der Waals surface area contributed by atoms with Gasteiger partial charge in [-0.25, -0.2) is 17.5 Å². The van der Waals surface area contributed by atoms with E-state index in [0.717, 1.165) is 31.7 Å². The average Bonchev–Trinajstić information content (AvgIpc) is 2.36. The summed E-state index contributed by atoms with van der Waals surface area (Å²) in [6.07, 6.45) is 3.91. The van der Waals surface area contributed by atoms with Crippen molar-refractivity contribution in [2.45, 2.75) is 43.5 Å². The molecule has 112 valence electrons. The Morgan fingerprint density at radius 2 is 2.15 bits per heavy atom. The van der Waals surface area contributed by atoms with Crippen LogP contribution in [-0.2, 0) is 10.0 Å². The van der Waals surface area contributed by atoms with Crippen molar-refractivity contribution >= 4 is 10.0 Å². The molecular formula is C14H21FN2O2S. The number of sulfonamides is 1. The Kier molecular flexibility index (Phi) is 4.78. The normalized spacial score (nSPS) is 23.8. The number of hydrogen-bond donors (Lipinski definition) is 2. The van der Waals surface area contributed by atoms with Crippen molar-refractivity contribution < 1.29 is 12.8 Å². The summed E-state index contributed by atoms with van der Waals surface area (Å²) in [6, 6.07) is 3.87. The summed E-state index contributed by atoms with van der Waals surface area (Å²) in [6.45, 7) is 1.99. The van der Waals surface area contributed by atoms with Gasteiger partial charge in [-0.05, 0) is 55.9 Å². The molecule has 0 saturated heterocycles. The number of nitrogens with one attached hydrogen (secondary N) is 1. The molecular weight excluding hydrogens is 279 g/mol. The maximum Gasteiger partial charge on any atom is 0.240 e. The number of benzene rings is 1. The molecule has 0 aliphatic heterocycles. The number of hydrogen-bond acceptors (Lipinski definition) is 3. The predicted octanol–water partition coefficient (Wildman–Crippen LogP) is 1.93. The quantitative estimate of drug-likeness (QED) is 0.892. The highest BCUT2D eigenvalue weighted by Gasteiger charge is 2.23. The Hall–Kier alpha value is -0.980. The molecule has 1 aromatic carbocycles. The van der Waals surface area contributed by atoms with E-state index in [2.05, 4.69) is 4.72 Å². The van der Waals surface area contributed by atoms with Crippen molar-refractivity contribution in [1.29, 1.82) is 0 Å². The van der Waals surface area contributed by atoms with Gasteiger partial charge in [-0.3, -0.25) is 0 Å². The second kappa shape index (κ2) is 6.20. The molecule has 6 heteroatoms. The molecule has 2 atom stereocenters. The molecule has 1 aromatic rings. The molecule has 2 unspecified atom stereocenters. The second-order valence-electron chi connectivity index (χ2n) is 5.55. The first-order valence-electron chi connectivity index (χ1n) is 6.90. The van der Waals surface area contributed by atoms with E-state index in [1.807, 2.05) is 0 Å². The maximum atomic E-state index is 13.0. The van der Waals surface area contributed by atoms with E-state index >= 15 is 0 Å². The fourth-order valence-corrected chi connectivity index (χ4v) is 4.08. The monoisotopic (exact) mass is 300 g/mol. The SMILES string of the molecule is Cc1cc(F)ccc1S(=O)(=O)NCC1CCCC(N)C1. The molecule has 0 amide bonds. The first kappa shape index (κ1) is 15.4. The number of aryl methyl sites for hydroxylation is 1. The van der Waals surface area contributed by atoms with E-state index in [9.17, 15) is 12.8 Å². The topological polar surface area (TPSA) is 72.2 Å². The van der Waals surface area contributed by atoms with Gasteiger partial charge in [0.15, 0.2) is 0 Å². The molecule has 1 aliphatic carbocycles. The van der Waals surface area contributed by atoms with Crippen LogP contribution in [0.4, 0.5) is 4.39 Å². The van der Waals surface area contributed by atoms with E-state index in [1.54, 1.807) is 6.92 Å². The molecule has 4 nitrogen and oxygen atoms in total. The molecule has 0 aromatic heterocycles. The molecule has 0 heterocycles. The Morgan fingerprint density at radius 3 is 2.80 bits per heavy atom. The van der Waals surface area contributed by atoms with Gasteiger partial charge in [0.05, 0.1) is 4.90 Å². The summed E-state index contributed by atoms with van der Waals surface area (Å²) in [5, 5.41) is 0. The molecule has 3 N–H and O–H groups in total. The van der Waals surface area contributed by atoms with Gasteiger partial charge in [0.1, 0.15) is 5.82 Å². The molecule has 1 saturated carbocycles. The summed E-state index contributed by atoms with van der Waals surface area (Å²) in [5.74, 6) is -0.144. The minimum atomic E-state index is -3.58. The standard InChI is InChI=1S/C14H21FN2O2S/c1-10-7-12(15)5-6-14(10)20(18,19)17-9-11-3-2-4-13(16)8-11/h5-7,11,13,17H,2-4,8-9,16H2,1H3. The van der Waals surface area contributed by atoms with Crippen molar-refractivity contribution in [3.8, 4) is 0 Å². The minimum Gasteiger partial charge on any atom is -0.328 e. The van der Waals surface area contributed by atoms with E-state index in [1.165, 1.54) is 12.1 Å². The van der Waals surface area contributed by atoms with Crippen LogP contribution in [0.1, 0.15) is 31.2 Å². The van der Waals surface area contributed by atoms with Gasteiger partial charge < -0.3 is 5.73 Å². The lowest BCUT2D eigenvalue weighted by Crippen LogP contribution is -2.35. The highest BCUT2D eigenvalue weighted by atomic mass is 32.2. The largest absolute Gasteiger partial charge is 0.328 e. The van der Waals surface area contributed by atoms with Gasteiger partial charge >= 0.3 is 0 Å². The lowest BCUT2D eigenvalue weighted by atomic mass is 9.86. The van der Waals surface area contributed by atoms with Crippen LogP contribution < -0.4 is 10.5 Å². The molecule has 2 rings (SSSR count). The van der Waals surface area contributed by atoms with Crippen molar-refractivity contribution in [3.63, 3.8) is 0 Å². The zero-order chi connectivity index (χ0) is 14.8. The Bertz CT molecular complexity index is 575. The summed E-state index contributed by atoms with van der Waals surface area (Å²) in [4.78, 5) is 0.138. The fourth-order valence-electron chi connectivity index (χ4n) is 2.74. The fraction of sp³-hybridized carbons (Fsp3) is 0.571.